The lowest BCUT2D eigenvalue weighted by Gasteiger charge is -2.28. The number of rotatable bonds is 5. The van der Waals surface area contributed by atoms with Gasteiger partial charge in [-0.2, -0.15) is 18.4 Å². The second-order valence-corrected chi connectivity index (χ2v) is 8.30. The Morgan fingerprint density at radius 1 is 1.15 bits per heavy atom. The van der Waals surface area contributed by atoms with E-state index in [9.17, 15) is 22.8 Å². The molecule has 34 heavy (non-hydrogen) atoms. The molecule has 1 aliphatic heterocycles. The third-order valence-electron chi connectivity index (χ3n) is 5.84. The summed E-state index contributed by atoms with van der Waals surface area (Å²) in [5, 5.41) is 14.1. The van der Waals surface area contributed by atoms with Crippen molar-refractivity contribution in [3.63, 3.8) is 0 Å². The Morgan fingerprint density at radius 3 is 2.62 bits per heavy atom. The van der Waals surface area contributed by atoms with Crippen molar-refractivity contribution >= 4 is 34.1 Å². The summed E-state index contributed by atoms with van der Waals surface area (Å²) in [6, 6.07) is 11.1. The number of alkyl halides is 3. The minimum Gasteiger partial charge on any atom is -0.383 e. The third-order valence-corrected chi connectivity index (χ3v) is 5.84. The molecule has 1 N–H and O–H groups in total. The fourth-order valence-electron chi connectivity index (χ4n) is 4.02. The topological polar surface area (TPSA) is 89.3 Å². The number of nitriles is 1. The van der Waals surface area contributed by atoms with E-state index < -0.39 is 34.8 Å². The molecule has 2 aromatic carbocycles. The average Bonchev–Trinajstić information content (AvgIpc) is 2.97. The minimum atomic E-state index is -4.81. The SMILES string of the molecule is CC1(C)C(=O)N(c2ccc(C#N)c(C(F)(F)F)c2)C(=O)N1CCNc1cccc2cnccc12. The molecule has 1 saturated heterocycles. The van der Waals surface area contributed by atoms with Crippen LogP contribution in [0.2, 0.25) is 0 Å². The zero-order valence-corrected chi connectivity index (χ0v) is 18.3. The normalized spacial score (nSPS) is 15.6. The van der Waals surface area contributed by atoms with Crippen LogP contribution in [0, 0.1) is 11.3 Å². The van der Waals surface area contributed by atoms with Gasteiger partial charge in [0, 0.05) is 41.9 Å². The summed E-state index contributed by atoms with van der Waals surface area (Å²) < 4.78 is 40.2. The second kappa shape index (κ2) is 8.33. The van der Waals surface area contributed by atoms with Crippen molar-refractivity contribution in [1.29, 1.82) is 5.26 Å². The number of nitrogens with zero attached hydrogens (tertiary/aromatic N) is 4. The maximum atomic E-state index is 13.4. The molecule has 0 spiro atoms. The molecule has 3 amide bonds. The quantitative estimate of drug-likeness (QED) is 0.546. The Balaban J connectivity index is 1.57. The Labute approximate surface area is 193 Å². The summed E-state index contributed by atoms with van der Waals surface area (Å²) in [7, 11) is 0. The molecule has 174 valence electrons. The molecule has 3 aromatic rings. The van der Waals surface area contributed by atoms with Crippen molar-refractivity contribution in [3.8, 4) is 6.07 Å². The number of hydrogen-bond acceptors (Lipinski definition) is 5. The Kier molecular flexibility index (Phi) is 5.65. The minimum absolute atomic E-state index is 0.137. The van der Waals surface area contributed by atoms with Crippen LogP contribution in [0.3, 0.4) is 0 Å². The van der Waals surface area contributed by atoms with Crippen LogP contribution in [0.5, 0.6) is 0 Å². The maximum Gasteiger partial charge on any atom is 0.417 e. The van der Waals surface area contributed by atoms with Crippen LogP contribution in [0.1, 0.15) is 25.0 Å². The number of nitrogens with one attached hydrogen (secondary N) is 1. The van der Waals surface area contributed by atoms with E-state index in [2.05, 4.69) is 10.3 Å². The van der Waals surface area contributed by atoms with Gasteiger partial charge in [-0.15, -0.1) is 0 Å². The van der Waals surface area contributed by atoms with Gasteiger partial charge in [-0.1, -0.05) is 12.1 Å². The van der Waals surface area contributed by atoms with Crippen molar-refractivity contribution in [3.05, 3.63) is 66.0 Å². The average molecular weight is 467 g/mol. The van der Waals surface area contributed by atoms with Crippen molar-refractivity contribution < 1.29 is 22.8 Å². The molecule has 0 bridgehead atoms. The fraction of sp³-hybridized carbons (Fsp3) is 0.250. The molecular formula is C24H20F3N5O2. The number of aromatic nitrogens is 1. The number of hydrogen-bond donors (Lipinski definition) is 1. The van der Waals surface area contributed by atoms with Crippen LogP contribution >= 0.6 is 0 Å². The lowest BCUT2D eigenvalue weighted by atomic mass is 10.0. The Hall–Kier alpha value is -4.13. The summed E-state index contributed by atoms with van der Waals surface area (Å²) in [6.07, 6.45) is -1.40. The number of urea groups is 1. The Morgan fingerprint density at radius 2 is 1.91 bits per heavy atom. The molecular weight excluding hydrogens is 447 g/mol. The highest BCUT2D eigenvalue weighted by Gasteiger charge is 2.52. The van der Waals surface area contributed by atoms with Crippen LogP contribution in [-0.2, 0) is 11.0 Å². The van der Waals surface area contributed by atoms with Gasteiger partial charge in [0.2, 0.25) is 0 Å². The van der Waals surface area contributed by atoms with E-state index in [1.807, 2.05) is 24.3 Å². The van der Waals surface area contributed by atoms with Gasteiger partial charge < -0.3 is 10.2 Å². The van der Waals surface area contributed by atoms with E-state index in [1.165, 1.54) is 17.0 Å². The van der Waals surface area contributed by atoms with E-state index >= 15 is 0 Å². The number of pyridine rings is 1. The molecule has 1 aliphatic rings. The molecule has 0 aliphatic carbocycles. The van der Waals surface area contributed by atoms with Crippen LogP contribution in [0.25, 0.3) is 10.8 Å². The summed E-state index contributed by atoms with van der Waals surface area (Å²) in [5.41, 5.74) is -2.45. The van der Waals surface area contributed by atoms with E-state index in [0.717, 1.165) is 27.4 Å². The van der Waals surface area contributed by atoms with E-state index in [-0.39, 0.29) is 12.2 Å². The molecule has 2 heterocycles. The van der Waals surface area contributed by atoms with Gasteiger partial charge in [-0.3, -0.25) is 9.78 Å². The van der Waals surface area contributed by atoms with E-state index in [0.29, 0.717) is 12.6 Å². The zero-order valence-electron chi connectivity index (χ0n) is 18.3. The molecule has 10 heteroatoms. The van der Waals surface area contributed by atoms with Gasteiger partial charge in [0.1, 0.15) is 5.54 Å². The predicted octanol–water partition coefficient (Wildman–Crippen LogP) is 4.78. The van der Waals surface area contributed by atoms with Crippen molar-refractivity contribution in [1.82, 2.24) is 9.88 Å². The first-order chi connectivity index (χ1) is 16.1. The summed E-state index contributed by atoms with van der Waals surface area (Å²) in [6.45, 7) is 3.53. The van der Waals surface area contributed by atoms with E-state index in [1.54, 1.807) is 26.2 Å². The first-order valence-corrected chi connectivity index (χ1v) is 10.4. The van der Waals surface area contributed by atoms with Gasteiger partial charge in [0.05, 0.1) is 22.9 Å². The maximum absolute atomic E-state index is 13.4. The number of carbonyl (C=O) groups excluding carboxylic acids is 2. The van der Waals surface area contributed by atoms with Gasteiger partial charge >= 0.3 is 12.2 Å². The predicted molar refractivity (Wildman–Crippen MR) is 120 cm³/mol. The number of imide groups is 1. The molecule has 0 saturated carbocycles. The lowest BCUT2D eigenvalue weighted by Crippen LogP contribution is -2.46. The molecule has 7 nitrogen and oxygen atoms in total. The molecule has 1 aromatic heterocycles. The highest BCUT2D eigenvalue weighted by Crippen LogP contribution is 2.37. The van der Waals surface area contributed by atoms with E-state index in [4.69, 9.17) is 5.26 Å². The van der Waals surface area contributed by atoms with Crippen LogP contribution < -0.4 is 10.2 Å². The third kappa shape index (κ3) is 3.90. The van der Waals surface area contributed by atoms with Crippen LogP contribution in [0.15, 0.2) is 54.9 Å². The van der Waals surface area contributed by atoms with Gasteiger partial charge in [-0.25, -0.2) is 9.69 Å². The smallest absolute Gasteiger partial charge is 0.383 e. The molecule has 0 atom stereocenters. The summed E-state index contributed by atoms with van der Waals surface area (Å²) in [4.78, 5) is 32.4. The van der Waals surface area contributed by atoms with Crippen molar-refractivity contribution in [2.75, 3.05) is 23.3 Å². The van der Waals surface area contributed by atoms with Gasteiger partial charge in [-0.05, 0) is 44.2 Å². The summed E-state index contributed by atoms with van der Waals surface area (Å²) >= 11 is 0. The standard InChI is InChI=1S/C24H20F3N5O2/c1-23(2)21(33)32(17-7-6-15(13-28)19(12-17)24(25,26)27)22(34)31(23)11-10-30-20-5-3-4-16-14-29-9-8-18(16)20/h3-9,12,14,30H,10-11H2,1-2H3. The first kappa shape index (κ1) is 23.0. The molecule has 0 radical (unpaired) electrons. The highest BCUT2D eigenvalue weighted by molar-refractivity contribution is 6.23. The monoisotopic (exact) mass is 467 g/mol. The zero-order chi connectivity index (χ0) is 24.7. The number of halogens is 3. The first-order valence-electron chi connectivity index (χ1n) is 10.4. The fourth-order valence-corrected chi connectivity index (χ4v) is 4.02. The highest BCUT2D eigenvalue weighted by atomic mass is 19.4. The number of benzene rings is 2. The second-order valence-electron chi connectivity index (χ2n) is 8.30. The van der Waals surface area contributed by atoms with Crippen LogP contribution in [0.4, 0.5) is 29.3 Å². The lowest BCUT2D eigenvalue weighted by molar-refractivity contribution is -0.137. The molecule has 0 unspecified atom stereocenters. The van der Waals surface area contributed by atoms with Crippen LogP contribution in [-0.4, -0.2) is 40.5 Å². The Bertz CT molecular complexity index is 1320. The molecule has 4 rings (SSSR count). The summed E-state index contributed by atoms with van der Waals surface area (Å²) in [5.74, 6) is -0.647. The number of amides is 3. The number of anilines is 2. The van der Waals surface area contributed by atoms with Crippen molar-refractivity contribution in [2.45, 2.75) is 25.6 Å². The number of carbonyl (C=O) groups is 2. The molecule has 1 fully saturated rings. The largest absolute Gasteiger partial charge is 0.417 e. The number of fused-ring (bicyclic) bond motifs is 1. The van der Waals surface area contributed by atoms with Crippen molar-refractivity contribution in [2.24, 2.45) is 0 Å². The van der Waals surface area contributed by atoms with Gasteiger partial charge in [0.15, 0.2) is 0 Å². The van der Waals surface area contributed by atoms with Gasteiger partial charge in [0.25, 0.3) is 5.91 Å².